The molecule has 1 aromatic carbocycles. The second-order valence-electron chi connectivity index (χ2n) is 8.23. The number of ether oxygens (including phenoxy) is 3. The molecule has 1 fully saturated rings. The van der Waals surface area contributed by atoms with Crippen molar-refractivity contribution in [1.82, 2.24) is 0 Å². The Morgan fingerprint density at radius 1 is 1.03 bits per heavy atom. The van der Waals surface area contributed by atoms with Crippen molar-refractivity contribution in [3.63, 3.8) is 0 Å². The molecule has 7 heteroatoms. The van der Waals surface area contributed by atoms with Crippen LogP contribution in [-0.4, -0.2) is 47.7 Å². The van der Waals surface area contributed by atoms with Gasteiger partial charge in [-0.25, -0.2) is 0 Å². The summed E-state index contributed by atoms with van der Waals surface area (Å²) in [7, 11) is 1.52. The molecule has 1 saturated carbocycles. The Morgan fingerprint density at radius 2 is 1.55 bits per heavy atom. The molecule has 0 unspecified atom stereocenters. The lowest BCUT2D eigenvalue weighted by Crippen LogP contribution is -2.55. The van der Waals surface area contributed by atoms with Crippen molar-refractivity contribution in [2.45, 2.75) is 64.8 Å². The van der Waals surface area contributed by atoms with Gasteiger partial charge in [-0.1, -0.05) is 12.1 Å². The molecule has 1 aromatic rings. The van der Waals surface area contributed by atoms with Crippen LogP contribution in [0, 0.1) is 11.8 Å². The Morgan fingerprint density at radius 3 is 2.03 bits per heavy atom. The number of rotatable bonds is 6. The molecule has 7 nitrogen and oxygen atoms in total. The predicted octanol–water partition coefficient (Wildman–Crippen LogP) is 2.64. The highest BCUT2D eigenvalue weighted by Gasteiger charge is 2.57. The molecule has 1 aliphatic carbocycles. The maximum absolute atomic E-state index is 13.0. The summed E-state index contributed by atoms with van der Waals surface area (Å²) in [5, 5.41) is 11.0. The van der Waals surface area contributed by atoms with E-state index in [4.69, 9.17) is 14.2 Å². The Bertz CT molecular complexity index is 741. The number of benzene rings is 1. The second kappa shape index (κ2) is 8.95. The number of carbonyl (C=O) groups excluding carboxylic acids is 3. The summed E-state index contributed by atoms with van der Waals surface area (Å²) >= 11 is 0. The third-order valence-electron chi connectivity index (χ3n) is 4.98. The van der Waals surface area contributed by atoms with Crippen LogP contribution < -0.4 is 4.74 Å². The Balaban J connectivity index is 2.60. The topological polar surface area (TPSA) is 99.1 Å². The highest BCUT2D eigenvalue weighted by molar-refractivity contribution is 6.02. The lowest BCUT2D eigenvalue weighted by molar-refractivity contribution is -0.176. The molecule has 29 heavy (non-hydrogen) atoms. The monoisotopic (exact) mass is 406 g/mol. The fourth-order valence-corrected chi connectivity index (χ4v) is 3.85. The van der Waals surface area contributed by atoms with Crippen LogP contribution in [-0.2, 0) is 23.9 Å². The molecular formula is C22H30O7. The van der Waals surface area contributed by atoms with Crippen LogP contribution >= 0.6 is 0 Å². The van der Waals surface area contributed by atoms with E-state index in [-0.39, 0.29) is 6.42 Å². The summed E-state index contributed by atoms with van der Waals surface area (Å²) in [5.41, 5.74) is -1.11. The van der Waals surface area contributed by atoms with Gasteiger partial charge in [0.2, 0.25) is 0 Å². The summed E-state index contributed by atoms with van der Waals surface area (Å²) in [5.74, 6) is -4.48. The Kier molecular flexibility index (Phi) is 7.06. The number of aliphatic hydroxyl groups is 1. The lowest BCUT2D eigenvalue weighted by Gasteiger charge is -2.44. The summed E-state index contributed by atoms with van der Waals surface area (Å²) < 4.78 is 15.9. The van der Waals surface area contributed by atoms with Crippen molar-refractivity contribution in [3.8, 4) is 5.75 Å². The van der Waals surface area contributed by atoms with Crippen LogP contribution in [0.5, 0.6) is 5.75 Å². The van der Waals surface area contributed by atoms with E-state index in [0.717, 1.165) is 0 Å². The third-order valence-corrected chi connectivity index (χ3v) is 4.98. The van der Waals surface area contributed by atoms with E-state index in [1.807, 2.05) is 0 Å². The van der Waals surface area contributed by atoms with Gasteiger partial charge in [-0.05, 0) is 52.3 Å². The number of hydrogen-bond acceptors (Lipinski definition) is 7. The molecule has 0 radical (unpaired) electrons. The predicted molar refractivity (Wildman–Crippen MR) is 105 cm³/mol. The van der Waals surface area contributed by atoms with Gasteiger partial charge in [0.15, 0.2) is 5.78 Å². The standard InChI is InChI=1S/C22H30O7/c1-12(2)28-20(24)18-16(23)11-22(5,26)19(21(25)29-13(3)4)17(18)14-7-9-15(27-6)10-8-14/h7-10,12-13,17-19,26H,11H2,1-6H3/t17-,18+,19-,22+/m1/s1. The van der Waals surface area contributed by atoms with Crippen LogP contribution in [0.1, 0.15) is 52.5 Å². The molecule has 4 atom stereocenters. The van der Waals surface area contributed by atoms with Gasteiger partial charge in [0.05, 0.1) is 30.8 Å². The van der Waals surface area contributed by atoms with E-state index < -0.39 is 53.3 Å². The second-order valence-corrected chi connectivity index (χ2v) is 8.23. The highest BCUT2D eigenvalue weighted by atomic mass is 16.5. The van der Waals surface area contributed by atoms with E-state index in [9.17, 15) is 19.5 Å². The summed E-state index contributed by atoms with van der Waals surface area (Å²) in [6, 6.07) is 6.73. The van der Waals surface area contributed by atoms with Crippen molar-refractivity contribution in [2.24, 2.45) is 11.8 Å². The summed E-state index contributed by atoms with van der Waals surface area (Å²) in [4.78, 5) is 38.7. The maximum Gasteiger partial charge on any atom is 0.317 e. The van der Waals surface area contributed by atoms with Gasteiger partial charge < -0.3 is 19.3 Å². The first-order chi connectivity index (χ1) is 13.5. The molecule has 1 aliphatic rings. The van der Waals surface area contributed by atoms with Gasteiger partial charge in [0.25, 0.3) is 0 Å². The molecule has 2 rings (SSSR count). The van der Waals surface area contributed by atoms with E-state index in [1.165, 1.54) is 14.0 Å². The summed E-state index contributed by atoms with van der Waals surface area (Å²) in [6.07, 6.45) is -1.17. The lowest BCUT2D eigenvalue weighted by atomic mass is 9.61. The molecular weight excluding hydrogens is 376 g/mol. The maximum atomic E-state index is 13.0. The fraction of sp³-hybridized carbons (Fsp3) is 0.591. The molecule has 0 amide bonds. The van der Waals surface area contributed by atoms with Crippen LogP contribution in [0.2, 0.25) is 0 Å². The molecule has 160 valence electrons. The third kappa shape index (κ3) is 5.15. The van der Waals surface area contributed by atoms with Crippen molar-refractivity contribution in [3.05, 3.63) is 29.8 Å². The van der Waals surface area contributed by atoms with Gasteiger partial charge in [0.1, 0.15) is 11.7 Å². The van der Waals surface area contributed by atoms with E-state index in [1.54, 1.807) is 52.0 Å². The van der Waals surface area contributed by atoms with Crippen molar-refractivity contribution < 1.29 is 33.7 Å². The zero-order valence-corrected chi connectivity index (χ0v) is 17.8. The molecule has 0 aliphatic heterocycles. The zero-order chi connectivity index (χ0) is 21.9. The number of carbonyl (C=O) groups is 3. The number of esters is 2. The smallest absolute Gasteiger partial charge is 0.317 e. The Hall–Kier alpha value is -2.41. The van der Waals surface area contributed by atoms with Crippen molar-refractivity contribution in [2.75, 3.05) is 7.11 Å². The quantitative estimate of drug-likeness (QED) is 0.573. The molecule has 0 saturated heterocycles. The average Bonchev–Trinajstić information content (AvgIpc) is 2.58. The van der Waals surface area contributed by atoms with Gasteiger partial charge >= 0.3 is 11.9 Å². The average molecular weight is 406 g/mol. The number of ketones is 1. The number of hydrogen-bond donors (Lipinski definition) is 1. The number of Topliss-reactive ketones (excluding diaryl/α,β-unsaturated/α-hetero) is 1. The van der Waals surface area contributed by atoms with Gasteiger partial charge in [-0.3, -0.25) is 14.4 Å². The van der Waals surface area contributed by atoms with E-state index in [0.29, 0.717) is 11.3 Å². The molecule has 1 N–H and O–H groups in total. The van der Waals surface area contributed by atoms with Crippen molar-refractivity contribution in [1.29, 1.82) is 0 Å². The van der Waals surface area contributed by atoms with Crippen LogP contribution in [0.15, 0.2) is 24.3 Å². The zero-order valence-electron chi connectivity index (χ0n) is 17.8. The minimum absolute atomic E-state index is 0.338. The van der Waals surface area contributed by atoms with Crippen LogP contribution in [0.3, 0.4) is 0 Å². The van der Waals surface area contributed by atoms with E-state index in [2.05, 4.69) is 0 Å². The van der Waals surface area contributed by atoms with Gasteiger partial charge in [0, 0.05) is 12.3 Å². The molecule has 0 spiro atoms. The first-order valence-electron chi connectivity index (χ1n) is 9.78. The molecule has 0 heterocycles. The largest absolute Gasteiger partial charge is 0.497 e. The SMILES string of the molecule is COc1ccc([C@@H]2[C@@H](C(=O)OC(C)C)C(=O)C[C@](C)(O)[C@H]2C(=O)OC(C)C)cc1. The van der Waals surface area contributed by atoms with Gasteiger partial charge in [-0.15, -0.1) is 0 Å². The van der Waals surface area contributed by atoms with Gasteiger partial charge in [-0.2, -0.15) is 0 Å². The first kappa shape index (κ1) is 22.9. The first-order valence-corrected chi connectivity index (χ1v) is 9.78. The number of methoxy groups -OCH3 is 1. The minimum Gasteiger partial charge on any atom is -0.497 e. The molecule has 0 aromatic heterocycles. The summed E-state index contributed by atoms with van der Waals surface area (Å²) in [6.45, 7) is 8.21. The van der Waals surface area contributed by atoms with Crippen LogP contribution in [0.4, 0.5) is 0 Å². The minimum atomic E-state index is -1.66. The molecule has 0 bridgehead atoms. The van der Waals surface area contributed by atoms with Crippen LogP contribution in [0.25, 0.3) is 0 Å². The highest BCUT2D eigenvalue weighted by Crippen LogP contribution is 2.47. The normalized spacial score (nSPS) is 27.1. The van der Waals surface area contributed by atoms with Crippen molar-refractivity contribution >= 4 is 17.7 Å². The fourth-order valence-electron chi connectivity index (χ4n) is 3.85. The Labute approximate surface area is 171 Å². The van der Waals surface area contributed by atoms with E-state index >= 15 is 0 Å².